The number of nitrogens with one attached hydrogen (secondary N) is 1. The molecule has 0 aliphatic heterocycles. The van der Waals surface area contributed by atoms with Crippen LogP contribution in [0.3, 0.4) is 0 Å². The molecule has 5 nitrogen and oxygen atoms in total. The second-order valence-corrected chi connectivity index (χ2v) is 5.17. The molecule has 0 spiro atoms. The Labute approximate surface area is 137 Å². The lowest BCUT2D eigenvalue weighted by atomic mass is 10.2. The molecule has 1 aromatic carbocycles. The molecule has 0 fully saturated rings. The number of nitrogens with zero attached hydrogens (tertiary/aromatic N) is 1. The molecule has 23 heavy (non-hydrogen) atoms. The van der Waals surface area contributed by atoms with Crippen molar-refractivity contribution in [2.24, 2.45) is 5.73 Å². The van der Waals surface area contributed by atoms with Crippen LogP contribution in [0.2, 0.25) is 0 Å². The third kappa shape index (κ3) is 4.72. The van der Waals surface area contributed by atoms with Crippen LogP contribution in [0.4, 0.5) is 0 Å². The first-order valence-corrected chi connectivity index (χ1v) is 7.60. The van der Waals surface area contributed by atoms with Gasteiger partial charge in [0, 0.05) is 30.1 Å². The summed E-state index contributed by atoms with van der Waals surface area (Å²) in [6.07, 6.45) is 2.74. The van der Waals surface area contributed by atoms with Crippen LogP contribution in [0.1, 0.15) is 24.5 Å². The average Bonchev–Trinajstić information content (AvgIpc) is 2.56. The van der Waals surface area contributed by atoms with E-state index in [0.29, 0.717) is 23.1 Å². The first-order valence-electron chi connectivity index (χ1n) is 7.60. The highest BCUT2D eigenvalue weighted by Gasteiger charge is 2.08. The number of rotatable bonds is 8. The molecule has 2 rings (SSSR count). The van der Waals surface area contributed by atoms with E-state index in [2.05, 4.69) is 23.8 Å². The highest BCUT2D eigenvalue weighted by molar-refractivity contribution is 5.59. The van der Waals surface area contributed by atoms with Gasteiger partial charge in [-0.3, -0.25) is 0 Å². The van der Waals surface area contributed by atoms with E-state index in [1.807, 2.05) is 24.3 Å². The summed E-state index contributed by atoms with van der Waals surface area (Å²) in [6, 6.07) is 9.44. The molecule has 0 amide bonds. The van der Waals surface area contributed by atoms with E-state index in [4.69, 9.17) is 15.2 Å². The molecule has 0 aliphatic carbocycles. The summed E-state index contributed by atoms with van der Waals surface area (Å²) < 4.78 is 11.2. The third-order valence-corrected chi connectivity index (χ3v) is 3.31. The Morgan fingerprint density at radius 2 is 2.09 bits per heavy atom. The van der Waals surface area contributed by atoms with Crippen molar-refractivity contribution in [3.63, 3.8) is 0 Å². The molecule has 0 aliphatic rings. The van der Waals surface area contributed by atoms with Crippen molar-refractivity contribution < 1.29 is 9.47 Å². The summed E-state index contributed by atoms with van der Waals surface area (Å²) in [7, 11) is 1.63. The highest BCUT2D eigenvalue weighted by Crippen LogP contribution is 2.31. The van der Waals surface area contributed by atoms with Crippen LogP contribution < -0.4 is 20.5 Å². The Morgan fingerprint density at radius 3 is 2.70 bits per heavy atom. The highest BCUT2D eigenvalue weighted by atomic mass is 16.5. The van der Waals surface area contributed by atoms with Crippen LogP contribution in [0.25, 0.3) is 5.70 Å². The van der Waals surface area contributed by atoms with Gasteiger partial charge in [0.1, 0.15) is 0 Å². The molecule has 0 unspecified atom stereocenters. The van der Waals surface area contributed by atoms with Gasteiger partial charge in [-0.15, -0.1) is 0 Å². The van der Waals surface area contributed by atoms with Gasteiger partial charge < -0.3 is 20.5 Å². The molecule has 5 heteroatoms. The Balaban J connectivity index is 2.11. The van der Waals surface area contributed by atoms with Crippen LogP contribution in [0.15, 0.2) is 43.1 Å². The summed E-state index contributed by atoms with van der Waals surface area (Å²) in [5.41, 5.74) is 8.03. The Bertz CT molecular complexity index is 654. The molecule has 0 saturated carbocycles. The summed E-state index contributed by atoms with van der Waals surface area (Å²) in [5.74, 6) is 1.78. The van der Waals surface area contributed by atoms with Crippen LogP contribution >= 0.6 is 0 Å². The number of nitrogens with two attached hydrogens (primary N) is 1. The van der Waals surface area contributed by atoms with E-state index in [-0.39, 0.29) is 0 Å². The van der Waals surface area contributed by atoms with Crippen molar-refractivity contribution in [1.82, 2.24) is 10.3 Å². The largest absolute Gasteiger partial charge is 0.493 e. The van der Waals surface area contributed by atoms with Gasteiger partial charge in [0.15, 0.2) is 11.5 Å². The summed E-state index contributed by atoms with van der Waals surface area (Å²) in [5, 5.41) is 3.36. The van der Waals surface area contributed by atoms with Gasteiger partial charge in [-0.2, -0.15) is 0 Å². The van der Waals surface area contributed by atoms with E-state index in [9.17, 15) is 0 Å². The molecule has 0 bridgehead atoms. The Kier molecular flexibility index (Phi) is 6.00. The Hall–Kier alpha value is -2.53. The van der Waals surface area contributed by atoms with Crippen LogP contribution in [-0.4, -0.2) is 18.6 Å². The van der Waals surface area contributed by atoms with Crippen molar-refractivity contribution in [1.29, 1.82) is 0 Å². The first kappa shape index (κ1) is 16.8. The van der Waals surface area contributed by atoms with E-state index >= 15 is 0 Å². The van der Waals surface area contributed by atoms with E-state index in [0.717, 1.165) is 30.6 Å². The van der Waals surface area contributed by atoms with Gasteiger partial charge >= 0.3 is 0 Å². The van der Waals surface area contributed by atoms with E-state index in [1.54, 1.807) is 19.4 Å². The Morgan fingerprint density at radius 1 is 1.26 bits per heavy atom. The standard InChI is InChI=1S/C18H23N3O2/c1-4-9-20-11-14-5-7-16(17(10-14)22-3)23-18-8-6-15(12-21-18)13(2)19/h5-8,10,12,20H,2,4,9,11,19H2,1,3H3. The minimum atomic E-state index is 0.477. The zero-order valence-electron chi connectivity index (χ0n) is 13.6. The minimum Gasteiger partial charge on any atom is -0.493 e. The van der Waals surface area contributed by atoms with Crippen LogP contribution in [0, 0.1) is 0 Å². The first-order chi connectivity index (χ1) is 11.1. The van der Waals surface area contributed by atoms with Crippen molar-refractivity contribution in [2.75, 3.05) is 13.7 Å². The smallest absolute Gasteiger partial charge is 0.219 e. The molecule has 122 valence electrons. The van der Waals surface area contributed by atoms with Crippen molar-refractivity contribution in [3.8, 4) is 17.4 Å². The van der Waals surface area contributed by atoms with Crippen LogP contribution in [0.5, 0.6) is 17.4 Å². The maximum Gasteiger partial charge on any atom is 0.219 e. The van der Waals surface area contributed by atoms with Gasteiger partial charge in [-0.1, -0.05) is 19.6 Å². The van der Waals surface area contributed by atoms with Crippen molar-refractivity contribution in [2.45, 2.75) is 19.9 Å². The number of aromatic nitrogens is 1. The maximum atomic E-state index is 5.79. The predicted molar refractivity (Wildman–Crippen MR) is 92.5 cm³/mol. The van der Waals surface area contributed by atoms with E-state index in [1.165, 1.54) is 0 Å². The monoisotopic (exact) mass is 313 g/mol. The fourth-order valence-corrected chi connectivity index (χ4v) is 2.06. The molecule has 1 heterocycles. The maximum absolute atomic E-state index is 5.79. The van der Waals surface area contributed by atoms with E-state index < -0.39 is 0 Å². The normalized spacial score (nSPS) is 10.3. The van der Waals surface area contributed by atoms with Gasteiger partial charge in [-0.05, 0) is 36.7 Å². The predicted octanol–water partition coefficient (Wildman–Crippen LogP) is 3.31. The second kappa shape index (κ2) is 8.19. The molecule has 2 aromatic rings. The zero-order chi connectivity index (χ0) is 16.7. The summed E-state index contributed by atoms with van der Waals surface area (Å²) in [4.78, 5) is 4.22. The second-order valence-electron chi connectivity index (χ2n) is 5.17. The average molecular weight is 313 g/mol. The third-order valence-electron chi connectivity index (χ3n) is 3.31. The molecule has 3 N–H and O–H groups in total. The lowest BCUT2D eigenvalue weighted by Crippen LogP contribution is -2.13. The molecule has 0 atom stereocenters. The fourth-order valence-electron chi connectivity index (χ4n) is 2.06. The fraction of sp³-hybridized carbons (Fsp3) is 0.278. The molecular formula is C18H23N3O2. The van der Waals surface area contributed by atoms with Gasteiger partial charge in [0.05, 0.1) is 7.11 Å². The van der Waals surface area contributed by atoms with Crippen molar-refractivity contribution in [3.05, 3.63) is 54.2 Å². The molecular weight excluding hydrogens is 290 g/mol. The lowest BCUT2D eigenvalue weighted by molar-refractivity contribution is 0.373. The number of hydrogen-bond donors (Lipinski definition) is 2. The van der Waals surface area contributed by atoms with Crippen LogP contribution in [-0.2, 0) is 6.54 Å². The quantitative estimate of drug-likeness (QED) is 0.732. The molecule has 0 saturated heterocycles. The number of methoxy groups -OCH3 is 1. The summed E-state index contributed by atoms with van der Waals surface area (Å²) >= 11 is 0. The van der Waals surface area contributed by atoms with Crippen molar-refractivity contribution >= 4 is 5.70 Å². The zero-order valence-corrected chi connectivity index (χ0v) is 13.6. The minimum absolute atomic E-state index is 0.477. The lowest BCUT2D eigenvalue weighted by Gasteiger charge is -2.12. The molecule has 1 aromatic heterocycles. The topological polar surface area (TPSA) is 69.4 Å². The van der Waals surface area contributed by atoms with Gasteiger partial charge in [-0.25, -0.2) is 4.98 Å². The summed E-state index contributed by atoms with van der Waals surface area (Å²) in [6.45, 7) is 7.61. The SMILES string of the molecule is C=C(N)c1ccc(Oc2ccc(CNCCC)cc2OC)nc1. The number of ether oxygens (including phenoxy) is 2. The number of benzene rings is 1. The number of hydrogen-bond acceptors (Lipinski definition) is 5. The van der Waals surface area contributed by atoms with Gasteiger partial charge in [0.2, 0.25) is 5.88 Å². The molecule has 0 radical (unpaired) electrons. The van der Waals surface area contributed by atoms with Gasteiger partial charge in [0.25, 0.3) is 0 Å². The number of pyridine rings is 1.